The van der Waals surface area contributed by atoms with Gasteiger partial charge in [-0.25, -0.2) is 0 Å². The van der Waals surface area contributed by atoms with Crippen LogP contribution in [0.25, 0.3) is 0 Å². The molecule has 0 bridgehead atoms. The first kappa shape index (κ1) is 15.4. The molecule has 120 valence electrons. The van der Waals surface area contributed by atoms with E-state index in [0.29, 0.717) is 23.8 Å². The van der Waals surface area contributed by atoms with Crippen molar-refractivity contribution in [2.24, 2.45) is 0 Å². The first-order valence-electron chi connectivity index (χ1n) is 7.84. The lowest BCUT2D eigenvalue weighted by molar-refractivity contribution is 0.0952. The summed E-state index contributed by atoms with van der Waals surface area (Å²) in [5.41, 5.74) is 9.20. The predicted molar refractivity (Wildman–Crippen MR) is 88.5 cm³/mol. The minimum Gasteiger partial charge on any atom is -0.438 e. The Morgan fingerprint density at radius 1 is 1.39 bits per heavy atom. The molecule has 0 amide bonds. The highest BCUT2D eigenvalue weighted by Gasteiger charge is 2.22. The number of hydrogen-bond acceptors (Lipinski definition) is 4. The Kier molecular flexibility index (Phi) is 4.26. The zero-order valence-electron chi connectivity index (χ0n) is 13.5. The normalized spacial score (nSPS) is 17.2. The molecule has 0 saturated carbocycles. The SMILES string of the molecule is Cc1ccc(C)c(Oc2c(N)cc(C#N)n2C[C@@H]2CCCO2)c1. The summed E-state index contributed by atoms with van der Waals surface area (Å²) < 4.78 is 13.6. The first-order valence-corrected chi connectivity index (χ1v) is 7.84. The van der Waals surface area contributed by atoms with Crippen LogP contribution in [0, 0.1) is 25.2 Å². The second-order valence-electron chi connectivity index (χ2n) is 6.02. The van der Waals surface area contributed by atoms with Crippen LogP contribution in [-0.4, -0.2) is 17.3 Å². The number of benzene rings is 1. The van der Waals surface area contributed by atoms with E-state index in [1.807, 2.05) is 36.6 Å². The fourth-order valence-corrected chi connectivity index (χ4v) is 2.85. The summed E-state index contributed by atoms with van der Waals surface area (Å²) in [6.07, 6.45) is 2.15. The molecule has 23 heavy (non-hydrogen) atoms. The van der Waals surface area contributed by atoms with Gasteiger partial charge in [0.1, 0.15) is 17.5 Å². The van der Waals surface area contributed by atoms with Crippen molar-refractivity contribution in [2.75, 3.05) is 12.3 Å². The topological polar surface area (TPSA) is 73.2 Å². The second-order valence-corrected chi connectivity index (χ2v) is 6.02. The van der Waals surface area contributed by atoms with Gasteiger partial charge in [-0.15, -0.1) is 0 Å². The quantitative estimate of drug-likeness (QED) is 0.937. The molecule has 2 N–H and O–H groups in total. The molecule has 1 aliphatic heterocycles. The standard InChI is InChI=1S/C18H21N3O2/c1-12-5-6-13(2)17(8-12)23-18-16(20)9-14(10-19)21(18)11-15-4-3-7-22-15/h5-6,8-9,15H,3-4,7,11,20H2,1-2H3/t15-/m0/s1. The van der Waals surface area contributed by atoms with E-state index < -0.39 is 0 Å². The van der Waals surface area contributed by atoms with Crippen molar-refractivity contribution in [3.8, 4) is 17.7 Å². The minimum atomic E-state index is 0.106. The van der Waals surface area contributed by atoms with Crippen LogP contribution in [0.4, 0.5) is 5.69 Å². The maximum atomic E-state index is 9.37. The number of nitrogens with zero attached hydrogens (tertiary/aromatic N) is 2. The number of hydrogen-bond donors (Lipinski definition) is 1. The van der Waals surface area contributed by atoms with Crippen LogP contribution in [0.1, 0.15) is 29.7 Å². The van der Waals surface area contributed by atoms with Crippen LogP contribution in [0.15, 0.2) is 24.3 Å². The van der Waals surface area contributed by atoms with Crippen LogP contribution in [0.3, 0.4) is 0 Å². The summed E-state index contributed by atoms with van der Waals surface area (Å²) in [6.45, 7) is 5.36. The maximum absolute atomic E-state index is 9.37. The zero-order valence-corrected chi connectivity index (χ0v) is 13.5. The Balaban J connectivity index is 1.95. The average Bonchev–Trinajstić information content (AvgIpc) is 3.14. The van der Waals surface area contributed by atoms with Gasteiger partial charge in [-0.2, -0.15) is 5.26 Å². The molecule has 0 unspecified atom stereocenters. The smallest absolute Gasteiger partial charge is 0.224 e. The molecule has 5 nitrogen and oxygen atoms in total. The number of nitrogen functional groups attached to an aromatic ring is 1. The van der Waals surface area contributed by atoms with Crippen molar-refractivity contribution in [1.82, 2.24) is 4.57 Å². The summed E-state index contributed by atoms with van der Waals surface area (Å²) in [5.74, 6) is 1.28. The number of rotatable bonds is 4. The van der Waals surface area contributed by atoms with Gasteiger partial charge in [0.2, 0.25) is 5.88 Å². The molecule has 0 aliphatic carbocycles. The highest BCUT2D eigenvalue weighted by molar-refractivity contribution is 5.57. The number of anilines is 1. The van der Waals surface area contributed by atoms with Gasteiger partial charge in [0.25, 0.3) is 0 Å². The molecule has 2 heterocycles. The number of nitrogens with two attached hydrogens (primary N) is 1. The molecule has 1 atom stereocenters. The molecular formula is C18H21N3O2. The summed E-state index contributed by atoms with van der Waals surface area (Å²) in [7, 11) is 0. The van der Waals surface area contributed by atoms with Gasteiger partial charge < -0.3 is 15.2 Å². The van der Waals surface area contributed by atoms with E-state index in [-0.39, 0.29) is 6.10 Å². The van der Waals surface area contributed by atoms with Crippen molar-refractivity contribution >= 4 is 5.69 Å². The molecule has 1 aromatic carbocycles. The van der Waals surface area contributed by atoms with E-state index in [4.69, 9.17) is 15.2 Å². The second kappa shape index (κ2) is 6.35. The molecule has 3 rings (SSSR count). The largest absolute Gasteiger partial charge is 0.438 e. The average molecular weight is 311 g/mol. The Hall–Kier alpha value is -2.45. The number of aromatic nitrogens is 1. The number of ether oxygens (including phenoxy) is 2. The monoisotopic (exact) mass is 311 g/mol. The van der Waals surface area contributed by atoms with Crippen LogP contribution in [0.5, 0.6) is 11.6 Å². The fraction of sp³-hybridized carbons (Fsp3) is 0.389. The third kappa shape index (κ3) is 3.17. The molecule has 1 fully saturated rings. The molecule has 0 spiro atoms. The third-order valence-corrected chi connectivity index (χ3v) is 4.15. The molecule has 0 radical (unpaired) electrons. The lowest BCUT2D eigenvalue weighted by atomic mass is 10.1. The lowest BCUT2D eigenvalue weighted by Crippen LogP contribution is -2.16. The first-order chi connectivity index (χ1) is 11.1. The van der Waals surface area contributed by atoms with E-state index in [1.54, 1.807) is 6.07 Å². The number of nitriles is 1. The van der Waals surface area contributed by atoms with E-state index >= 15 is 0 Å². The Morgan fingerprint density at radius 3 is 2.91 bits per heavy atom. The van der Waals surface area contributed by atoms with E-state index in [9.17, 15) is 5.26 Å². The Labute approximate surface area is 136 Å². The third-order valence-electron chi connectivity index (χ3n) is 4.15. The van der Waals surface area contributed by atoms with Crippen LogP contribution < -0.4 is 10.5 Å². The molecule has 1 aliphatic rings. The predicted octanol–water partition coefficient (Wildman–Crippen LogP) is 3.53. The summed E-state index contributed by atoms with van der Waals surface area (Å²) >= 11 is 0. The van der Waals surface area contributed by atoms with E-state index in [1.165, 1.54) is 0 Å². The van der Waals surface area contributed by atoms with E-state index in [0.717, 1.165) is 36.3 Å². The summed E-state index contributed by atoms with van der Waals surface area (Å²) in [6, 6.07) is 9.88. The van der Waals surface area contributed by atoms with Crippen LogP contribution in [-0.2, 0) is 11.3 Å². The summed E-state index contributed by atoms with van der Waals surface area (Å²) in [5, 5.41) is 9.37. The molecule has 1 saturated heterocycles. The highest BCUT2D eigenvalue weighted by atomic mass is 16.5. The van der Waals surface area contributed by atoms with Gasteiger partial charge in [0, 0.05) is 12.7 Å². The van der Waals surface area contributed by atoms with Gasteiger partial charge in [0.15, 0.2) is 0 Å². The molecule has 2 aromatic rings. The van der Waals surface area contributed by atoms with Crippen molar-refractivity contribution in [3.63, 3.8) is 0 Å². The Bertz CT molecular complexity index is 752. The molecular weight excluding hydrogens is 290 g/mol. The van der Waals surface area contributed by atoms with Gasteiger partial charge in [-0.1, -0.05) is 12.1 Å². The van der Waals surface area contributed by atoms with Crippen molar-refractivity contribution in [1.29, 1.82) is 5.26 Å². The van der Waals surface area contributed by atoms with Gasteiger partial charge in [-0.3, -0.25) is 4.57 Å². The fourth-order valence-electron chi connectivity index (χ4n) is 2.85. The minimum absolute atomic E-state index is 0.106. The van der Waals surface area contributed by atoms with Crippen molar-refractivity contribution in [3.05, 3.63) is 41.1 Å². The van der Waals surface area contributed by atoms with Crippen LogP contribution in [0.2, 0.25) is 0 Å². The van der Waals surface area contributed by atoms with Crippen LogP contribution >= 0.6 is 0 Å². The highest BCUT2D eigenvalue weighted by Crippen LogP contribution is 2.34. The van der Waals surface area contributed by atoms with E-state index in [2.05, 4.69) is 6.07 Å². The zero-order chi connectivity index (χ0) is 16.4. The lowest BCUT2D eigenvalue weighted by Gasteiger charge is -2.17. The Morgan fingerprint density at radius 2 is 2.22 bits per heavy atom. The van der Waals surface area contributed by atoms with Crippen molar-refractivity contribution in [2.45, 2.75) is 39.3 Å². The van der Waals surface area contributed by atoms with Gasteiger partial charge >= 0.3 is 0 Å². The van der Waals surface area contributed by atoms with Gasteiger partial charge in [-0.05, 0) is 43.9 Å². The maximum Gasteiger partial charge on any atom is 0.224 e. The number of aryl methyl sites for hydroxylation is 2. The van der Waals surface area contributed by atoms with Gasteiger partial charge in [0.05, 0.1) is 18.3 Å². The molecule has 1 aromatic heterocycles. The molecule has 5 heteroatoms. The summed E-state index contributed by atoms with van der Waals surface area (Å²) in [4.78, 5) is 0. The van der Waals surface area contributed by atoms with Crippen molar-refractivity contribution < 1.29 is 9.47 Å².